The van der Waals surface area contributed by atoms with E-state index in [0.29, 0.717) is 6.42 Å². The highest BCUT2D eigenvalue weighted by atomic mass is 32.2. The van der Waals surface area contributed by atoms with Gasteiger partial charge in [-0.1, -0.05) is 13.8 Å². The minimum Gasteiger partial charge on any atom is -0.480 e. The minimum absolute atomic E-state index is 0.0315. The molecule has 0 saturated carbocycles. The molecule has 1 aliphatic heterocycles. The van der Waals surface area contributed by atoms with Crippen LogP contribution in [-0.2, 0) is 14.8 Å². The fraction of sp³-hybridized carbons (Fsp3) is 0.900. The van der Waals surface area contributed by atoms with Crippen LogP contribution in [0.3, 0.4) is 0 Å². The summed E-state index contributed by atoms with van der Waals surface area (Å²) in [4.78, 5) is 10.9. The molecule has 0 aromatic carbocycles. The molecule has 0 aromatic heterocycles. The molecule has 0 bridgehead atoms. The third-order valence-corrected chi connectivity index (χ3v) is 4.70. The lowest BCUT2D eigenvalue weighted by molar-refractivity contribution is -0.140. The number of aliphatic hydroxyl groups is 1. The lowest BCUT2D eigenvalue weighted by Crippen LogP contribution is -2.41. The van der Waals surface area contributed by atoms with Crippen LogP contribution >= 0.6 is 0 Å². The summed E-state index contributed by atoms with van der Waals surface area (Å²) in [6, 6.07) is -1.12. The predicted molar refractivity (Wildman–Crippen MR) is 62.0 cm³/mol. The van der Waals surface area contributed by atoms with Crippen LogP contribution in [0.1, 0.15) is 26.7 Å². The lowest BCUT2D eigenvalue weighted by Gasteiger charge is -2.21. The number of sulfonamides is 1. The first-order valence-electron chi connectivity index (χ1n) is 5.64. The van der Waals surface area contributed by atoms with Gasteiger partial charge in [-0.3, -0.25) is 4.79 Å². The summed E-state index contributed by atoms with van der Waals surface area (Å²) in [5.41, 5.74) is 0. The fourth-order valence-electron chi connectivity index (χ4n) is 1.82. The van der Waals surface area contributed by atoms with Gasteiger partial charge in [0.05, 0.1) is 11.9 Å². The van der Waals surface area contributed by atoms with Gasteiger partial charge in [0.25, 0.3) is 0 Å². The molecule has 7 heteroatoms. The number of nitrogens with zero attached hydrogens (tertiary/aromatic N) is 1. The largest absolute Gasteiger partial charge is 0.480 e. The van der Waals surface area contributed by atoms with Crippen LogP contribution < -0.4 is 0 Å². The van der Waals surface area contributed by atoms with Gasteiger partial charge in [-0.15, -0.1) is 0 Å². The monoisotopic (exact) mass is 265 g/mol. The molecule has 0 aliphatic carbocycles. The Kier molecular flexibility index (Phi) is 4.51. The van der Waals surface area contributed by atoms with Gasteiger partial charge in [-0.25, -0.2) is 8.42 Å². The number of hydrogen-bond donors (Lipinski definition) is 2. The Bertz CT molecular complexity index is 378. The Hall–Kier alpha value is -0.660. The molecule has 2 atom stereocenters. The fourth-order valence-corrected chi connectivity index (χ4v) is 3.79. The Labute approximate surface area is 101 Å². The zero-order valence-corrected chi connectivity index (χ0v) is 10.9. The molecule has 17 heavy (non-hydrogen) atoms. The molecule has 2 N–H and O–H groups in total. The van der Waals surface area contributed by atoms with Crippen molar-refractivity contribution in [3.63, 3.8) is 0 Å². The first kappa shape index (κ1) is 14.4. The van der Waals surface area contributed by atoms with E-state index < -0.39 is 28.1 Å². The van der Waals surface area contributed by atoms with Crippen LogP contribution in [0.4, 0.5) is 0 Å². The number of carboxylic acid groups (broad SMARTS) is 1. The minimum atomic E-state index is -3.59. The van der Waals surface area contributed by atoms with Gasteiger partial charge < -0.3 is 10.2 Å². The standard InChI is InChI=1S/C10H19NO5S/c1-7(2)3-4-17(15,16)11-6-8(12)5-9(11)10(13)14/h7-9,12H,3-6H2,1-2H3,(H,13,14)/t8-,9+/m1/s1. The Morgan fingerprint density at radius 2 is 2.06 bits per heavy atom. The van der Waals surface area contributed by atoms with E-state index in [1.54, 1.807) is 0 Å². The molecule has 0 radical (unpaired) electrons. The second kappa shape index (κ2) is 5.32. The van der Waals surface area contributed by atoms with Crippen LogP contribution in [0.2, 0.25) is 0 Å². The number of aliphatic hydroxyl groups excluding tert-OH is 1. The molecule has 0 unspecified atom stereocenters. The van der Waals surface area contributed by atoms with Crippen LogP contribution in [0.15, 0.2) is 0 Å². The number of carboxylic acids is 1. The first-order valence-corrected chi connectivity index (χ1v) is 7.25. The molecular formula is C10H19NO5S. The Morgan fingerprint density at radius 1 is 1.47 bits per heavy atom. The predicted octanol–water partition coefficient (Wildman–Crippen LogP) is -0.118. The van der Waals surface area contributed by atoms with Crippen molar-refractivity contribution in [2.45, 2.75) is 38.8 Å². The molecule has 100 valence electrons. The van der Waals surface area contributed by atoms with Gasteiger partial charge in [0.15, 0.2) is 0 Å². The third kappa shape index (κ3) is 3.65. The SMILES string of the molecule is CC(C)CCS(=O)(=O)N1C[C@H](O)C[C@H]1C(=O)O. The number of carbonyl (C=O) groups is 1. The zero-order chi connectivity index (χ0) is 13.2. The second-order valence-electron chi connectivity index (χ2n) is 4.81. The lowest BCUT2D eigenvalue weighted by atomic mass is 10.2. The van der Waals surface area contributed by atoms with Gasteiger partial charge in [0.1, 0.15) is 6.04 Å². The molecule has 0 spiro atoms. The number of β-amino-alcohol motifs (C(OH)–C–C–N with tert-alkyl or cyclic N) is 1. The molecular weight excluding hydrogens is 246 g/mol. The summed E-state index contributed by atoms with van der Waals surface area (Å²) in [7, 11) is -3.59. The van der Waals surface area contributed by atoms with Crippen LogP contribution in [0.25, 0.3) is 0 Å². The molecule has 0 amide bonds. The van der Waals surface area contributed by atoms with Crippen molar-refractivity contribution in [3.8, 4) is 0 Å². The van der Waals surface area contributed by atoms with Crippen LogP contribution in [0, 0.1) is 5.92 Å². The Balaban J connectivity index is 2.79. The maximum atomic E-state index is 11.9. The van der Waals surface area contributed by atoms with Crippen molar-refractivity contribution in [2.24, 2.45) is 5.92 Å². The molecule has 6 nitrogen and oxygen atoms in total. The van der Waals surface area contributed by atoms with Crippen molar-refractivity contribution < 1.29 is 23.4 Å². The molecule has 1 aliphatic rings. The average Bonchev–Trinajstić information content (AvgIpc) is 2.58. The number of aliphatic carboxylic acids is 1. The highest BCUT2D eigenvalue weighted by Gasteiger charge is 2.42. The third-order valence-electron chi connectivity index (χ3n) is 2.83. The van der Waals surface area contributed by atoms with E-state index >= 15 is 0 Å². The number of rotatable bonds is 5. The van der Waals surface area contributed by atoms with Crippen molar-refractivity contribution in [2.75, 3.05) is 12.3 Å². The van der Waals surface area contributed by atoms with Crippen molar-refractivity contribution >= 4 is 16.0 Å². The highest BCUT2D eigenvalue weighted by Crippen LogP contribution is 2.23. The van der Waals surface area contributed by atoms with Gasteiger partial charge in [-0.05, 0) is 12.3 Å². The second-order valence-corrected chi connectivity index (χ2v) is 6.85. The smallest absolute Gasteiger partial charge is 0.322 e. The molecule has 0 aromatic rings. The van der Waals surface area contributed by atoms with Gasteiger partial charge >= 0.3 is 5.97 Å². The molecule has 1 rings (SSSR count). The van der Waals surface area contributed by atoms with Crippen molar-refractivity contribution in [1.29, 1.82) is 0 Å². The molecule has 1 saturated heterocycles. The summed E-state index contributed by atoms with van der Waals surface area (Å²) in [5.74, 6) is -1.03. The van der Waals surface area contributed by atoms with Crippen LogP contribution in [-0.4, -0.2) is 53.3 Å². The zero-order valence-electron chi connectivity index (χ0n) is 10.0. The van der Waals surface area contributed by atoms with E-state index in [9.17, 15) is 18.3 Å². The Morgan fingerprint density at radius 3 is 2.53 bits per heavy atom. The molecule has 1 fully saturated rings. The quantitative estimate of drug-likeness (QED) is 0.722. The summed E-state index contributed by atoms with van der Waals surface area (Å²) in [5, 5.41) is 18.3. The highest BCUT2D eigenvalue weighted by molar-refractivity contribution is 7.89. The summed E-state index contributed by atoms with van der Waals surface area (Å²) in [6.07, 6.45) is -0.428. The maximum absolute atomic E-state index is 11.9. The molecule has 1 heterocycles. The van der Waals surface area contributed by atoms with Crippen LogP contribution in [0.5, 0.6) is 0 Å². The van der Waals surface area contributed by atoms with E-state index in [1.807, 2.05) is 13.8 Å². The summed E-state index contributed by atoms with van der Waals surface area (Å²) < 4.78 is 24.8. The normalized spacial score (nSPS) is 26.6. The summed E-state index contributed by atoms with van der Waals surface area (Å²) >= 11 is 0. The van der Waals surface area contributed by atoms with Gasteiger partial charge in [0.2, 0.25) is 10.0 Å². The first-order chi connectivity index (χ1) is 7.74. The average molecular weight is 265 g/mol. The van der Waals surface area contributed by atoms with E-state index in [4.69, 9.17) is 5.11 Å². The van der Waals surface area contributed by atoms with Gasteiger partial charge in [-0.2, -0.15) is 4.31 Å². The van der Waals surface area contributed by atoms with Crippen molar-refractivity contribution in [1.82, 2.24) is 4.31 Å². The summed E-state index contributed by atoms with van der Waals surface area (Å²) in [6.45, 7) is 3.70. The van der Waals surface area contributed by atoms with E-state index in [0.717, 1.165) is 4.31 Å². The van der Waals surface area contributed by atoms with Gasteiger partial charge in [0, 0.05) is 13.0 Å². The topological polar surface area (TPSA) is 94.9 Å². The van der Waals surface area contributed by atoms with Crippen molar-refractivity contribution in [3.05, 3.63) is 0 Å². The maximum Gasteiger partial charge on any atom is 0.322 e. The van der Waals surface area contributed by atoms with E-state index in [-0.39, 0.29) is 24.6 Å². The van der Waals surface area contributed by atoms with E-state index in [2.05, 4.69) is 0 Å². The number of hydrogen-bond acceptors (Lipinski definition) is 4. The van der Waals surface area contributed by atoms with E-state index in [1.165, 1.54) is 0 Å².